The second kappa shape index (κ2) is 6.05. The van der Waals surface area contributed by atoms with Gasteiger partial charge in [-0.05, 0) is 19.9 Å². The molecule has 17 heavy (non-hydrogen) atoms. The minimum absolute atomic E-state index is 0.0644. The van der Waals surface area contributed by atoms with Crippen molar-refractivity contribution in [1.82, 2.24) is 4.98 Å². The van der Waals surface area contributed by atoms with Crippen LogP contribution in [0.5, 0.6) is 0 Å². The molecule has 1 heterocycles. The van der Waals surface area contributed by atoms with E-state index in [9.17, 15) is 4.79 Å². The predicted molar refractivity (Wildman–Crippen MR) is 65.2 cm³/mol. The van der Waals surface area contributed by atoms with Crippen LogP contribution < -0.4 is 11.1 Å². The molecule has 0 aliphatic rings. The van der Waals surface area contributed by atoms with Gasteiger partial charge in [-0.25, -0.2) is 9.78 Å². The average molecular weight is 239 g/mol. The molecule has 4 N–H and O–H groups in total. The molecular formula is C11H17N3O3. The van der Waals surface area contributed by atoms with Crippen molar-refractivity contribution in [3.05, 3.63) is 17.8 Å². The van der Waals surface area contributed by atoms with Crippen molar-refractivity contribution in [2.75, 3.05) is 24.2 Å². The van der Waals surface area contributed by atoms with E-state index in [1.54, 1.807) is 0 Å². The number of anilines is 2. The van der Waals surface area contributed by atoms with Crippen LogP contribution in [0.15, 0.2) is 12.3 Å². The Morgan fingerprint density at radius 2 is 2.35 bits per heavy atom. The Bertz CT molecular complexity index is 394. The average Bonchev–Trinajstić information content (AvgIpc) is 2.25. The van der Waals surface area contributed by atoms with E-state index < -0.39 is 5.97 Å². The Balaban J connectivity index is 2.61. The number of ether oxygens (including phenoxy) is 1. The molecule has 1 rings (SSSR count). The molecule has 0 fully saturated rings. The molecule has 1 aromatic heterocycles. The van der Waals surface area contributed by atoms with E-state index >= 15 is 0 Å². The highest BCUT2D eigenvalue weighted by atomic mass is 16.5. The van der Waals surface area contributed by atoms with Gasteiger partial charge in [-0.1, -0.05) is 0 Å². The number of carboxylic acids is 1. The van der Waals surface area contributed by atoms with E-state index in [1.807, 2.05) is 13.8 Å². The largest absolute Gasteiger partial charge is 0.478 e. The van der Waals surface area contributed by atoms with Crippen molar-refractivity contribution in [2.24, 2.45) is 0 Å². The van der Waals surface area contributed by atoms with Gasteiger partial charge in [-0.15, -0.1) is 0 Å². The van der Waals surface area contributed by atoms with Gasteiger partial charge in [0.15, 0.2) is 0 Å². The molecule has 0 radical (unpaired) electrons. The van der Waals surface area contributed by atoms with Crippen LogP contribution in [0.4, 0.5) is 11.5 Å². The standard InChI is InChI=1S/C11H17N3O3/c1-7(2)17-4-3-13-10-9(11(15)16)5-8(12)6-14-10/h5-7H,3-4,12H2,1-2H3,(H,13,14)(H,15,16). The molecule has 94 valence electrons. The third-order valence-corrected chi connectivity index (χ3v) is 1.98. The number of nitrogens with zero attached hydrogens (tertiary/aromatic N) is 1. The van der Waals surface area contributed by atoms with Crippen molar-refractivity contribution in [1.29, 1.82) is 0 Å². The molecule has 0 aliphatic carbocycles. The molecule has 0 atom stereocenters. The van der Waals surface area contributed by atoms with Crippen molar-refractivity contribution in [3.63, 3.8) is 0 Å². The van der Waals surface area contributed by atoms with Crippen molar-refractivity contribution in [3.8, 4) is 0 Å². The number of aromatic nitrogens is 1. The summed E-state index contributed by atoms with van der Waals surface area (Å²) in [5.74, 6) is -0.754. The van der Waals surface area contributed by atoms with Gasteiger partial charge in [0.25, 0.3) is 0 Å². The SMILES string of the molecule is CC(C)OCCNc1ncc(N)cc1C(=O)O. The summed E-state index contributed by atoms with van der Waals surface area (Å²) in [5, 5.41) is 11.9. The minimum atomic E-state index is -1.06. The van der Waals surface area contributed by atoms with Gasteiger partial charge >= 0.3 is 5.97 Å². The molecule has 0 saturated carbocycles. The van der Waals surface area contributed by atoms with E-state index in [-0.39, 0.29) is 11.7 Å². The monoisotopic (exact) mass is 239 g/mol. The summed E-state index contributed by atoms with van der Waals surface area (Å²) in [6.07, 6.45) is 1.56. The number of carboxylic acid groups (broad SMARTS) is 1. The lowest BCUT2D eigenvalue weighted by Gasteiger charge is -2.10. The lowest BCUT2D eigenvalue weighted by Crippen LogP contribution is -2.16. The van der Waals surface area contributed by atoms with Crippen LogP contribution in [0, 0.1) is 0 Å². The summed E-state index contributed by atoms with van der Waals surface area (Å²) < 4.78 is 5.33. The van der Waals surface area contributed by atoms with E-state index in [0.717, 1.165) is 0 Å². The molecule has 0 amide bonds. The third kappa shape index (κ3) is 4.28. The number of carbonyl (C=O) groups is 1. The number of pyridine rings is 1. The van der Waals surface area contributed by atoms with Gasteiger partial charge in [0.2, 0.25) is 0 Å². The first-order valence-corrected chi connectivity index (χ1v) is 5.35. The Morgan fingerprint density at radius 3 is 2.94 bits per heavy atom. The van der Waals surface area contributed by atoms with Gasteiger partial charge in [0.1, 0.15) is 11.4 Å². The number of aromatic carboxylic acids is 1. The summed E-state index contributed by atoms with van der Waals surface area (Å²) in [4.78, 5) is 14.9. The number of hydrogen-bond acceptors (Lipinski definition) is 5. The Hall–Kier alpha value is -1.82. The van der Waals surface area contributed by atoms with Crippen molar-refractivity contribution < 1.29 is 14.6 Å². The van der Waals surface area contributed by atoms with E-state index in [4.69, 9.17) is 15.6 Å². The topological polar surface area (TPSA) is 97.5 Å². The van der Waals surface area contributed by atoms with Crippen LogP contribution in [0.25, 0.3) is 0 Å². The second-order valence-corrected chi connectivity index (χ2v) is 3.82. The van der Waals surface area contributed by atoms with Crippen LogP contribution in [-0.2, 0) is 4.74 Å². The first-order chi connectivity index (χ1) is 8.00. The maximum absolute atomic E-state index is 10.9. The maximum Gasteiger partial charge on any atom is 0.339 e. The lowest BCUT2D eigenvalue weighted by molar-refractivity contribution is 0.0696. The molecule has 0 aromatic carbocycles. The minimum Gasteiger partial charge on any atom is -0.478 e. The van der Waals surface area contributed by atoms with Crippen LogP contribution in [0.1, 0.15) is 24.2 Å². The normalized spacial score (nSPS) is 10.5. The summed E-state index contributed by atoms with van der Waals surface area (Å²) >= 11 is 0. The molecule has 1 aromatic rings. The van der Waals surface area contributed by atoms with Crippen LogP contribution in [-0.4, -0.2) is 35.3 Å². The Labute approximate surface area is 99.8 Å². The summed E-state index contributed by atoms with van der Waals surface area (Å²) in [6.45, 7) is 4.85. The third-order valence-electron chi connectivity index (χ3n) is 1.98. The molecule has 0 spiro atoms. The van der Waals surface area contributed by atoms with Gasteiger partial charge in [-0.3, -0.25) is 0 Å². The number of nitrogens with two attached hydrogens (primary N) is 1. The molecule has 0 saturated heterocycles. The summed E-state index contributed by atoms with van der Waals surface area (Å²) in [5.41, 5.74) is 5.87. The predicted octanol–water partition coefficient (Wildman–Crippen LogP) is 1.20. The number of hydrogen-bond donors (Lipinski definition) is 3. The summed E-state index contributed by atoms with van der Waals surface area (Å²) in [7, 11) is 0. The van der Waals surface area contributed by atoms with Crippen LogP contribution >= 0.6 is 0 Å². The quantitative estimate of drug-likeness (QED) is 0.645. The zero-order valence-corrected chi connectivity index (χ0v) is 9.93. The fraction of sp³-hybridized carbons (Fsp3) is 0.455. The maximum atomic E-state index is 10.9. The number of nitrogen functional groups attached to an aromatic ring is 1. The number of rotatable bonds is 6. The molecule has 0 aliphatic heterocycles. The first-order valence-electron chi connectivity index (χ1n) is 5.35. The fourth-order valence-corrected chi connectivity index (χ4v) is 1.25. The van der Waals surface area contributed by atoms with Crippen LogP contribution in [0.2, 0.25) is 0 Å². The van der Waals surface area contributed by atoms with E-state index in [2.05, 4.69) is 10.3 Å². The lowest BCUT2D eigenvalue weighted by atomic mass is 10.2. The highest BCUT2D eigenvalue weighted by molar-refractivity contribution is 5.94. The summed E-state index contributed by atoms with van der Waals surface area (Å²) in [6, 6.07) is 1.38. The zero-order valence-electron chi connectivity index (χ0n) is 9.93. The molecule has 6 nitrogen and oxygen atoms in total. The molecule has 6 heteroatoms. The smallest absolute Gasteiger partial charge is 0.339 e. The van der Waals surface area contributed by atoms with Crippen LogP contribution in [0.3, 0.4) is 0 Å². The van der Waals surface area contributed by atoms with Gasteiger partial charge < -0.3 is 20.9 Å². The van der Waals surface area contributed by atoms with E-state index in [0.29, 0.717) is 24.7 Å². The first kappa shape index (κ1) is 13.2. The highest BCUT2D eigenvalue weighted by Gasteiger charge is 2.11. The Morgan fingerprint density at radius 1 is 1.65 bits per heavy atom. The van der Waals surface area contributed by atoms with Gasteiger partial charge in [-0.2, -0.15) is 0 Å². The fourth-order valence-electron chi connectivity index (χ4n) is 1.25. The zero-order chi connectivity index (χ0) is 12.8. The highest BCUT2D eigenvalue weighted by Crippen LogP contribution is 2.15. The Kier molecular flexibility index (Phi) is 4.71. The number of nitrogens with one attached hydrogen (secondary N) is 1. The van der Waals surface area contributed by atoms with Gasteiger partial charge in [0, 0.05) is 6.54 Å². The van der Waals surface area contributed by atoms with Crippen molar-refractivity contribution >= 4 is 17.5 Å². The van der Waals surface area contributed by atoms with E-state index in [1.165, 1.54) is 12.3 Å². The van der Waals surface area contributed by atoms with Crippen molar-refractivity contribution in [2.45, 2.75) is 20.0 Å². The second-order valence-electron chi connectivity index (χ2n) is 3.82. The molecule has 0 unspecified atom stereocenters. The molecule has 0 bridgehead atoms. The molecular weight excluding hydrogens is 222 g/mol. The van der Waals surface area contributed by atoms with Gasteiger partial charge in [0.05, 0.1) is 24.6 Å².